The fourth-order valence-corrected chi connectivity index (χ4v) is 2.16. The Bertz CT molecular complexity index is 778. The molecule has 2 rings (SSSR count). The van der Waals surface area contributed by atoms with Crippen molar-refractivity contribution in [2.45, 2.75) is 25.6 Å². The molecule has 0 spiro atoms. The van der Waals surface area contributed by atoms with Crippen LogP contribution in [0.25, 0.3) is 0 Å². The second-order valence-electron chi connectivity index (χ2n) is 5.56. The Morgan fingerprint density at radius 2 is 1.78 bits per heavy atom. The van der Waals surface area contributed by atoms with E-state index in [0.29, 0.717) is 12.2 Å². The summed E-state index contributed by atoms with van der Waals surface area (Å²) in [5.74, 6) is -1.01. The quantitative estimate of drug-likeness (QED) is 0.735. The van der Waals surface area contributed by atoms with Crippen molar-refractivity contribution < 1.29 is 32.2 Å². The number of benzene rings is 2. The molecule has 0 aliphatic rings. The highest BCUT2D eigenvalue weighted by atomic mass is 19.4. The summed E-state index contributed by atoms with van der Waals surface area (Å²) in [6.07, 6.45) is -5.09. The number of hydrogen-bond acceptors (Lipinski definition) is 4. The van der Waals surface area contributed by atoms with Gasteiger partial charge in [-0.1, -0.05) is 31.2 Å². The van der Waals surface area contributed by atoms with Crippen molar-refractivity contribution in [1.82, 2.24) is 0 Å². The van der Waals surface area contributed by atoms with Crippen LogP contribution < -0.4 is 10.1 Å². The van der Waals surface area contributed by atoms with Crippen molar-refractivity contribution in [3.05, 3.63) is 60.2 Å². The number of carbonyl (C=O) groups excluding carboxylic acids is 2. The molecule has 0 fully saturated rings. The molecule has 5 nitrogen and oxygen atoms in total. The van der Waals surface area contributed by atoms with Gasteiger partial charge < -0.3 is 14.8 Å². The van der Waals surface area contributed by atoms with Crippen LogP contribution in [0, 0.1) is 0 Å². The first-order valence-corrected chi connectivity index (χ1v) is 8.15. The van der Waals surface area contributed by atoms with Crippen molar-refractivity contribution in [3.8, 4) is 5.75 Å². The molecular weight excluding hydrogens is 363 g/mol. The molecule has 0 heterocycles. The minimum atomic E-state index is -4.52. The van der Waals surface area contributed by atoms with Crippen LogP contribution in [0.15, 0.2) is 54.6 Å². The van der Waals surface area contributed by atoms with Gasteiger partial charge in [-0.15, -0.1) is 0 Å². The molecule has 0 unspecified atom stereocenters. The number of anilines is 1. The number of hydrogen-bond donors (Lipinski definition) is 1. The van der Waals surface area contributed by atoms with Crippen LogP contribution in [0.2, 0.25) is 0 Å². The van der Waals surface area contributed by atoms with Gasteiger partial charge in [0.1, 0.15) is 5.75 Å². The van der Waals surface area contributed by atoms with E-state index < -0.39 is 36.3 Å². The van der Waals surface area contributed by atoms with Crippen LogP contribution in [-0.4, -0.2) is 24.6 Å². The topological polar surface area (TPSA) is 64.6 Å². The smallest absolute Gasteiger partial charge is 0.416 e. The predicted molar refractivity (Wildman–Crippen MR) is 92.2 cm³/mol. The lowest BCUT2D eigenvalue weighted by atomic mass is 10.2. The van der Waals surface area contributed by atoms with Crippen LogP contribution in [0.1, 0.15) is 18.9 Å². The number of nitrogens with one attached hydrogen (secondary N) is 1. The lowest BCUT2D eigenvalue weighted by Crippen LogP contribution is -2.31. The van der Waals surface area contributed by atoms with Gasteiger partial charge in [0.05, 0.1) is 5.56 Å². The summed E-state index contributed by atoms with van der Waals surface area (Å²) in [5.41, 5.74) is -0.932. The Morgan fingerprint density at radius 3 is 2.41 bits per heavy atom. The normalized spacial score (nSPS) is 12.1. The van der Waals surface area contributed by atoms with E-state index in [1.54, 1.807) is 37.3 Å². The third kappa shape index (κ3) is 6.32. The second kappa shape index (κ2) is 9.07. The highest BCUT2D eigenvalue weighted by molar-refractivity contribution is 5.93. The zero-order valence-corrected chi connectivity index (χ0v) is 14.5. The van der Waals surface area contributed by atoms with E-state index in [0.717, 1.165) is 12.1 Å². The first kappa shape index (κ1) is 20.3. The average Bonchev–Trinajstić information content (AvgIpc) is 2.64. The maximum atomic E-state index is 12.7. The Labute approximate surface area is 154 Å². The largest absolute Gasteiger partial charge is 0.479 e. The number of ether oxygens (including phenoxy) is 2. The van der Waals surface area contributed by atoms with Gasteiger partial charge in [-0.25, -0.2) is 4.79 Å². The number of halogens is 3. The molecule has 0 aliphatic heterocycles. The Hall–Kier alpha value is -3.03. The minimum absolute atomic E-state index is 0.0431. The van der Waals surface area contributed by atoms with Gasteiger partial charge >= 0.3 is 12.1 Å². The fourth-order valence-electron chi connectivity index (χ4n) is 2.16. The van der Waals surface area contributed by atoms with Crippen LogP contribution in [0.5, 0.6) is 5.75 Å². The molecule has 8 heteroatoms. The van der Waals surface area contributed by atoms with Gasteiger partial charge in [-0.05, 0) is 36.8 Å². The first-order chi connectivity index (χ1) is 12.8. The first-order valence-electron chi connectivity index (χ1n) is 8.15. The molecule has 2 aromatic rings. The van der Waals surface area contributed by atoms with Crippen LogP contribution in [0.3, 0.4) is 0 Å². The Balaban J connectivity index is 1.88. The van der Waals surface area contributed by atoms with E-state index in [9.17, 15) is 22.8 Å². The standard InChI is InChI=1S/C19H18F3NO4/c1-2-16(27-15-9-4-3-5-10-15)18(25)26-12-17(24)23-14-8-6-7-13(11-14)19(20,21)22/h3-11,16H,2,12H2,1H3,(H,23,24)/t16-/m1/s1. The monoisotopic (exact) mass is 381 g/mol. The summed E-state index contributed by atoms with van der Waals surface area (Å²) < 4.78 is 48.4. The summed E-state index contributed by atoms with van der Waals surface area (Å²) in [5, 5.41) is 2.26. The molecule has 0 radical (unpaired) electrons. The summed E-state index contributed by atoms with van der Waals surface area (Å²) >= 11 is 0. The number of alkyl halides is 3. The SMILES string of the molecule is CC[C@@H](Oc1ccccc1)C(=O)OCC(=O)Nc1cccc(C(F)(F)F)c1. The molecule has 0 aliphatic carbocycles. The zero-order chi connectivity index (χ0) is 19.9. The van der Waals surface area contributed by atoms with Crippen LogP contribution >= 0.6 is 0 Å². The molecule has 0 saturated carbocycles. The molecule has 27 heavy (non-hydrogen) atoms. The molecule has 1 amide bonds. The van der Waals surface area contributed by atoms with Crippen LogP contribution in [0.4, 0.5) is 18.9 Å². The Morgan fingerprint density at radius 1 is 1.07 bits per heavy atom. The predicted octanol–water partition coefficient (Wildman–Crippen LogP) is 4.04. The molecule has 144 valence electrons. The third-order valence-electron chi connectivity index (χ3n) is 3.47. The van der Waals surface area contributed by atoms with Gasteiger partial charge in [0, 0.05) is 5.69 Å². The lowest BCUT2D eigenvalue weighted by Gasteiger charge is -2.16. The highest BCUT2D eigenvalue weighted by Gasteiger charge is 2.30. The van der Waals surface area contributed by atoms with E-state index in [1.807, 2.05) is 0 Å². The van der Waals surface area contributed by atoms with E-state index in [2.05, 4.69) is 5.32 Å². The molecule has 0 saturated heterocycles. The van der Waals surface area contributed by atoms with Gasteiger partial charge in [-0.3, -0.25) is 4.79 Å². The molecule has 0 bridgehead atoms. The highest BCUT2D eigenvalue weighted by Crippen LogP contribution is 2.30. The number of para-hydroxylation sites is 1. The molecule has 2 aromatic carbocycles. The summed E-state index contributed by atoms with van der Waals surface area (Å²) in [6.45, 7) is 1.08. The Kier molecular flexibility index (Phi) is 6.81. The molecular formula is C19H18F3NO4. The third-order valence-corrected chi connectivity index (χ3v) is 3.47. The average molecular weight is 381 g/mol. The maximum Gasteiger partial charge on any atom is 0.416 e. The van der Waals surface area contributed by atoms with Crippen molar-refractivity contribution in [2.75, 3.05) is 11.9 Å². The second-order valence-corrected chi connectivity index (χ2v) is 5.56. The number of rotatable bonds is 7. The fraction of sp³-hybridized carbons (Fsp3) is 0.263. The van der Waals surface area contributed by atoms with Gasteiger partial charge in [0.25, 0.3) is 5.91 Å². The van der Waals surface area contributed by atoms with Crippen molar-refractivity contribution in [1.29, 1.82) is 0 Å². The maximum absolute atomic E-state index is 12.7. The molecule has 1 N–H and O–H groups in total. The van der Waals surface area contributed by atoms with E-state index in [4.69, 9.17) is 9.47 Å². The summed E-state index contributed by atoms with van der Waals surface area (Å²) in [7, 11) is 0. The van der Waals surface area contributed by atoms with E-state index >= 15 is 0 Å². The molecule has 0 aromatic heterocycles. The van der Waals surface area contributed by atoms with Gasteiger partial charge in [0.2, 0.25) is 0 Å². The minimum Gasteiger partial charge on any atom is -0.479 e. The van der Waals surface area contributed by atoms with E-state index in [-0.39, 0.29) is 5.69 Å². The van der Waals surface area contributed by atoms with Gasteiger partial charge in [0.15, 0.2) is 12.7 Å². The lowest BCUT2D eigenvalue weighted by molar-refractivity contribution is -0.154. The van der Waals surface area contributed by atoms with Gasteiger partial charge in [-0.2, -0.15) is 13.2 Å². The number of amides is 1. The van der Waals surface area contributed by atoms with Crippen molar-refractivity contribution in [2.24, 2.45) is 0 Å². The summed E-state index contributed by atoms with van der Waals surface area (Å²) in [4.78, 5) is 23.9. The number of esters is 1. The summed E-state index contributed by atoms with van der Waals surface area (Å²) in [6, 6.07) is 12.8. The number of carbonyl (C=O) groups is 2. The van der Waals surface area contributed by atoms with E-state index in [1.165, 1.54) is 12.1 Å². The van der Waals surface area contributed by atoms with Crippen LogP contribution in [-0.2, 0) is 20.5 Å². The van der Waals surface area contributed by atoms with Crippen molar-refractivity contribution >= 4 is 17.6 Å². The van der Waals surface area contributed by atoms with Crippen molar-refractivity contribution in [3.63, 3.8) is 0 Å². The molecule has 1 atom stereocenters. The zero-order valence-electron chi connectivity index (χ0n) is 14.5.